The Morgan fingerprint density at radius 2 is 1.94 bits per heavy atom. The van der Waals surface area contributed by atoms with E-state index in [1.807, 2.05) is 5.32 Å². The van der Waals surface area contributed by atoms with Crippen molar-refractivity contribution in [2.45, 2.75) is 17.2 Å². The Bertz CT molecular complexity index is 558. The number of nitrogens with one attached hydrogen (secondary N) is 2. The van der Waals surface area contributed by atoms with Crippen LogP contribution in [0.5, 0.6) is 0 Å². The molecule has 4 nitrogen and oxygen atoms in total. The van der Waals surface area contributed by atoms with Crippen LogP contribution >= 0.6 is 11.6 Å². The van der Waals surface area contributed by atoms with Crippen molar-refractivity contribution < 1.29 is 21.6 Å². The molecule has 0 aromatic heterocycles. The minimum Gasteiger partial charge on any atom is -0.360 e. The van der Waals surface area contributed by atoms with Crippen molar-refractivity contribution >= 4 is 27.3 Å². The highest BCUT2D eigenvalue weighted by molar-refractivity contribution is 7.89. The summed E-state index contributed by atoms with van der Waals surface area (Å²) in [6.07, 6.45) is -7.05. The van der Waals surface area contributed by atoms with Gasteiger partial charge in [-0.15, -0.1) is 0 Å². The van der Waals surface area contributed by atoms with Crippen molar-refractivity contribution in [3.05, 3.63) is 23.2 Å². The Hall–Kier alpha value is -0.990. The number of hydrogen-bond donors (Lipinski definition) is 2. The molecular formula is C8H6ClF3N2O2S. The summed E-state index contributed by atoms with van der Waals surface area (Å²) >= 11 is 5.59. The molecule has 0 fully saturated rings. The maximum atomic E-state index is 12.4. The lowest BCUT2D eigenvalue weighted by Gasteiger charge is -2.29. The van der Waals surface area contributed by atoms with Crippen molar-refractivity contribution in [2.24, 2.45) is 0 Å². The highest BCUT2D eigenvalue weighted by Crippen LogP contribution is 2.33. The number of benzene rings is 1. The number of sulfonamides is 1. The number of halogens is 4. The topological polar surface area (TPSA) is 58.2 Å². The Morgan fingerprint density at radius 3 is 2.53 bits per heavy atom. The zero-order chi connectivity index (χ0) is 12.8. The smallest absolute Gasteiger partial charge is 0.360 e. The van der Waals surface area contributed by atoms with Crippen LogP contribution in [-0.2, 0) is 10.0 Å². The Labute approximate surface area is 99.8 Å². The Kier molecular flexibility index (Phi) is 2.75. The molecule has 0 saturated carbocycles. The van der Waals surface area contributed by atoms with E-state index in [1.54, 1.807) is 0 Å². The number of hydrogen-bond acceptors (Lipinski definition) is 3. The van der Waals surface area contributed by atoms with Crippen molar-refractivity contribution in [1.82, 2.24) is 4.72 Å². The van der Waals surface area contributed by atoms with Gasteiger partial charge < -0.3 is 5.32 Å². The third kappa shape index (κ3) is 2.33. The summed E-state index contributed by atoms with van der Waals surface area (Å²) in [6, 6.07) is 3.58. The molecule has 2 rings (SSSR count). The van der Waals surface area contributed by atoms with Crippen LogP contribution < -0.4 is 10.0 Å². The average Bonchev–Trinajstić information content (AvgIpc) is 2.16. The Balaban J connectivity index is 2.52. The number of fused-ring (bicyclic) bond motifs is 1. The second kappa shape index (κ2) is 3.76. The van der Waals surface area contributed by atoms with Crippen molar-refractivity contribution in [3.8, 4) is 0 Å². The summed E-state index contributed by atoms with van der Waals surface area (Å²) in [4.78, 5) is -0.300. The normalized spacial score (nSPS) is 22.7. The van der Waals surface area contributed by atoms with E-state index in [0.29, 0.717) is 0 Å². The Morgan fingerprint density at radius 1 is 1.29 bits per heavy atom. The molecule has 1 aromatic rings. The molecule has 1 aliphatic rings. The number of alkyl halides is 3. The van der Waals surface area contributed by atoms with Crippen LogP contribution in [-0.4, -0.2) is 20.8 Å². The molecule has 9 heteroatoms. The zero-order valence-electron chi connectivity index (χ0n) is 8.05. The van der Waals surface area contributed by atoms with Gasteiger partial charge >= 0.3 is 6.18 Å². The van der Waals surface area contributed by atoms with Crippen molar-refractivity contribution in [1.29, 1.82) is 0 Å². The lowest BCUT2D eigenvalue weighted by Crippen LogP contribution is -2.53. The lowest BCUT2D eigenvalue weighted by molar-refractivity contribution is -0.145. The first-order chi connectivity index (χ1) is 7.70. The first-order valence-corrected chi connectivity index (χ1v) is 6.21. The molecule has 1 aliphatic heterocycles. The number of rotatable bonds is 0. The van der Waals surface area contributed by atoms with Crippen molar-refractivity contribution in [2.75, 3.05) is 5.32 Å². The predicted octanol–water partition coefficient (Wildman–Crippen LogP) is 1.93. The molecule has 1 heterocycles. The van der Waals surface area contributed by atoms with E-state index in [4.69, 9.17) is 11.6 Å². The second-order valence-corrected chi connectivity index (χ2v) is 5.50. The summed E-state index contributed by atoms with van der Waals surface area (Å²) < 4.78 is 62.0. The van der Waals surface area contributed by atoms with E-state index in [9.17, 15) is 21.6 Å². The van der Waals surface area contributed by atoms with E-state index in [2.05, 4.69) is 0 Å². The highest BCUT2D eigenvalue weighted by Gasteiger charge is 2.45. The van der Waals surface area contributed by atoms with Gasteiger partial charge in [-0.1, -0.05) is 11.6 Å². The molecule has 0 bridgehead atoms. The van der Waals surface area contributed by atoms with Crippen LogP contribution in [0.2, 0.25) is 5.02 Å². The van der Waals surface area contributed by atoms with Crippen molar-refractivity contribution in [3.63, 3.8) is 0 Å². The fourth-order valence-corrected chi connectivity index (χ4v) is 2.96. The molecule has 17 heavy (non-hydrogen) atoms. The SMILES string of the molecule is O=S1(=O)NC(C(F)(F)F)Nc2ccc(Cl)cc21. The molecule has 1 atom stereocenters. The van der Waals surface area contributed by atoms with Gasteiger partial charge in [0.15, 0.2) is 6.17 Å². The standard InChI is InChI=1S/C8H6ClF3N2O2S/c9-4-1-2-5-6(3-4)17(15,16)14-7(13-5)8(10,11)12/h1-3,7,13-14H. The fourth-order valence-electron chi connectivity index (χ4n) is 1.39. The molecule has 0 aliphatic carbocycles. The van der Waals surface area contributed by atoms with Gasteiger partial charge in [0, 0.05) is 5.02 Å². The third-order valence-corrected chi connectivity index (χ3v) is 3.83. The van der Waals surface area contributed by atoms with Crippen LogP contribution in [0.3, 0.4) is 0 Å². The van der Waals surface area contributed by atoms with Gasteiger partial charge in [-0.3, -0.25) is 0 Å². The van der Waals surface area contributed by atoms with Crippen LogP contribution in [0, 0.1) is 0 Å². The van der Waals surface area contributed by atoms with E-state index >= 15 is 0 Å². The molecule has 0 saturated heterocycles. The van der Waals surface area contributed by atoms with Crippen LogP contribution in [0.25, 0.3) is 0 Å². The third-order valence-electron chi connectivity index (χ3n) is 2.13. The van der Waals surface area contributed by atoms with Crippen LogP contribution in [0.4, 0.5) is 18.9 Å². The minimum atomic E-state index is -4.72. The maximum Gasteiger partial charge on any atom is 0.423 e. The summed E-state index contributed by atoms with van der Waals surface area (Å²) in [7, 11) is -4.21. The van der Waals surface area contributed by atoms with Gasteiger partial charge in [0.1, 0.15) is 4.90 Å². The minimum absolute atomic E-state index is 0.126. The summed E-state index contributed by atoms with van der Waals surface area (Å²) in [5.74, 6) is 0. The first-order valence-electron chi connectivity index (χ1n) is 4.35. The van der Waals surface area contributed by atoms with E-state index in [0.717, 1.165) is 6.07 Å². The van der Waals surface area contributed by atoms with Crippen LogP contribution in [0.1, 0.15) is 0 Å². The van der Waals surface area contributed by atoms with Gasteiger partial charge in [-0.2, -0.15) is 17.9 Å². The maximum absolute atomic E-state index is 12.4. The first kappa shape index (κ1) is 12.5. The summed E-state index contributed by atoms with van der Waals surface area (Å²) in [5, 5.41) is 2.17. The molecule has 1 aromatic carbocycles. The summed E-state index contributed by atoms with van der Waals surface area (Å²) in [6.45, 7) is 0. The van der Waals surface area contributed by atoms with Gasteiger partial charge in [0.05, 0.1) is 5.69 Å². The molecule has 0 amide bonds. The van der Waals surface area contributed by atoms with Gasteiger partial charge in [0.2, 0.25) is 10.0 Å². The molecule has 94 valence electrons. The van der Waals surface area contributed by atoms with Gasteiger partial charge in [-0.25, -0.2) is 8.42 Å². The van der Waals surface area contributed by atoms with Gasteiger partial charge in [0.25, 0.3) is 0 Å². The largest absolute Gasteiger partial charge is 0.423 e. The van der Waals surface area contributed by atoms with E-state index < -0.39 is 22.4 Å². The molecule has 0 radical (unpaired) electrons. The van der Waals surface area contributed by atoms with Gasteiger partial charge in [-0.05, 0) is 18.2 Å². The highest BCUT2D eigenvalue weighted by atomic mass is 35.5. The van der Waals surface area contributed by atoms with E-state index in [1.165, 1.54) is 16.9 Å². The molecule has 0 spiro atoms. The second-order valence-electron chi connectivity index (χ2n) is 3.38. The monoisotopic (exact) mass is 286 g/mol. The molecular weight excluding hydrogens is 281 g/mol. The van der Waals surface area contributed by atoms with E-state index in [-0.39, 0.29) is 15.6 Å². The molecule has 2 N–H and O–H groups in total. The fraction of sp³-hybridized carbons (Fsp3) is 0.250. The predicted molar refractivity (Wildman–Crippen MR) is 55.2 cm³/mol. The van der Waals surface area contributed by atoms with Crippen LogP contribution in [0.15, 0.2) is 23.1 Å². The number of anilines is 1. The molecule has 1 unspecified atom stereocenters. The average molecular weight is 287 g/mol. The zero-order valence-corrected chi connectivity index (χ0v) is 9.62. The quantitative estimate of drug-likeness (QED) is 0.766. The lowest BCUT2D eigenvalue weighted by atomic mass is 10.3. The summed E-state index contributed by atoms with van der Waals surface area (Å²) in [5.41, 5.74) is -0.129.